The Labute approximate surface area is 137 Å². The molecule has 0 aliphatic carbocycles. The molecule has 1 amide bonds. The summed E-state index contributed by atoms with van der Waals surface area (Å²) in [7, 11) is 0. The second kappa shape index (κ2) is 6.28. The van der Waals surface area contributed by atoms with Crippen molar-refractivity contribution in [3.8, 4) is 0 Å². The highest BCUT2D eigenvalue weighted by Crippen LogP contribution is 2.35. The lowest BCUT2D eigenvalue weighted by Gasteiger charge is -2.48. The van der Waals surface area contributed by atoms with Crippen LogP contribution in [0.2, 0.25) is 0 Å². The molecule has 23 heavy (non-hydrogen) atoms. The minimum atomic E-state index is -0.464. The topological polar surface area (TPSA) is 52.6 Å². The summed E-state index contributed by atoms with van der Waals surface area (Å²) in [5.41, 5.74) is -0.464. The molecule has 0 saturated carbocycles. The Kier molecular flexibility index (Phi) is 4.35. The van der Waals surface area contributed by atoms with Crippen LogP contribution in [0.25, 0.3) is 0 Å². The Morgan fingerprint density at radius 1 is 1.35 bits per heavy atom. The molecule has 1 atom stereocenters. The van der Waals surface area contributed by atoms with E-state index in [-0.39, 0.29) is 11.9 Å². The van der Waals surface area contributed by atoms with Crippen LogP contribution in [0.5, 0.6) is 0 Å². The lowest BCUT2D eigenvalue weighted by molar-refractivity contribution is -0.151. The van der Waals surface area contributed by atoms with Crippen LogP contribution < -0.4 is 4.90 Å². The quantitative estimate of drug-likeness (QED) is 0.781. The average Bonchev–Trinajstić information content (AvgIpc) is 2.99. The smallest absolute Gasteiger partial charge is 0.245 e. The SMILES string of the molecule is C=CCN1CCN(C(C)C)C(=O)[C@]12CCN(c1cnccn1)C2. The lowest BCUT2D eigenvalue weighted by Crippen LogP contribution is -2.68. The summed E-state index contributed by atoms with van der Waals surface area (Å²) in [6.45, 7) is 12.0. The third-order valence-corrected chi connectivity index (χ3v) is 4.97. The monoisotopic (exact) mass is 315 g/mol. The second-order valence-electron chi connectivity index (χ2n) is 6.59. The van der Waals surface area contributed by atoms with Gasteiger partial charge in [-0.3, -0.25) is 14.7 Å². The maximum Gasteiger partial charge on any atom is 0.245 e. The molecule has 0 unspecified atom stereocenters. The molecule has 1 spiro atoms. The normalized spacial score (nSPS) is 25.6. The van der Waals surface area contributed by atoms with Crippen molar-refractivity contribution in [2.24, 2.45) is 0 Å². The number of anilines is 1. The van der Waals surface area contributed by atoms with E-state index in [0.29, 0.717) is 6.54 Å². The van der Waals surface area contributed by atoms with E-state index in [1.54, 1.807) is 18.6 Å². The zero-order valence-electron chi connectivity index (χ0n) is 14.0. The number of carbonyl (C=O) groups is 1. The van der Waals surface area contributed by atoms with Gasteiger partial charge >= 0.3 is 0 Å². The highest BCUT2D eigenvalue weighted by atomic mass is 16.2. The van der Waals surface area contributed by atoms with Crippen molar-refractivity contribution in [1.82, 2.24) is 19.8 Å². The van der Waals surface area contributed by atoms with Gasteiger partial charge in [-0.1, -0.05) is 6.08 Å². The third-order valence-electron chi connectivity index (χ3n) is 4.97. The van der Waals surface area contributed by atoms with Gasteiger partial charge in [0.2, 0.25) is 5.91 Å². The molecule has 6 heteroatoms. The van der Waals surface area contributed by atoms with Gasteiger partial charge in [-0.25, -0.2) is 4.98 Å². The fourth-order valence-electron chi connectivity index (χ4n) is 3.74. The molecule has 2 aliphatic rings. The molecular weight excluding hydrogens is 290 g/mol. The minimum Gasteiger partial charge on any atom is -0.353 e. The summed E-state index contributed by atoms with van der Waals surface area (Å²) >= 11 is 0. The summed E-state index contributed by atoms with van der Waals surface area (Å²) in [5.74, 6) is 1.09. The van der Waals surface area contributed by atoms with Crippen LogP contribution in [-0.4, -0.2) is 70.0 Å². The highest BCUT2D eigenvalue weighted by Gasteiger charge is 2.53. The van der Waals surface area contributed by atoms with E-state index in [2.05, 4.69) is 40.2 Å². The zero-order valence-corrected chi connectivity index (χ0v) is 14.0. The fraction of sp³-hybridized carbons (Fsp3) is 0.588. The van der Waals surface area contributed by atoms with E-state index in [1.807, 2.05) is 11.0 Å². The van der Waals surface area contributed by atoms with Crippen molar-refractivity contribution in [3.05, 3.63) is 31.2 Å². The van der Waals surface area contributed by atoms with Gasteiger partial charge in [0.1, 0.15) is 11.4 Å². The summed E-state index contributed by atoms with van der Waals surface area (Å²) in [6, 6.07) is 0.232. The van der Waals surface area contributed by atoms with Crippen LogP contribution in [0.15, 0.2) is 31.2 Å². The number of piperazine rings is 1. The van der Waals surface area contributed by atoms with Crippen molar-refractivity contribution in [2.75, 3.05) is 37.6 Å². The minimum absolute atomic E-state index is 0.232. The molecule has 1 aromatic heterocycles. The van der Waals surface area contributed by atoms with E-state index >= 15 is 0 Å². The Morgan fingerprint density at radius 2 is 2.17 bits per heavy atom. The van der Waals surface area contributed by atoms with Gasteiger partial charge < -0.3 is 9.80 Å². The summed E-state index contributed by atoms with van der Waals surface area (Å²) < 4.78 is 0. The first-order chi connectivity index (χ1) is 11.1. The van der Waals surface area contributed by atoms with E-state index in [4.69, 9.17) is 0 Å². The van der Waals surface area contributed by atoms with Gasteiger partial charge in [-0.05, 0) is 20.3 Å². The Hall–Kier alpha value is -1.95. The van der Waals surface area contributed by atoms with Crippen molar-refractivity contribution in [3.63, 3.8) is 0 Å². The van der Waals surface area contributed by atoms with E-state index in [9.17, 15) is 4.79 Å². The molecule has 6 nitrogen and oxygen atoms in total. The van der Waals surface area contributed by atoms with Crippen LogP contribution in [0.4, 0.5) is 5.82 Å². The van der Waals surface area contributed by atoms with Gasteiger partial charge in [0, 0.05) is 51.2 Å². The molecule has 1 aromatic rings. The third kappa shape index (κ3) is 2.72. The molecule has 2 saturated heterocycles. The van der Waals surface area contributed by atoms with Crippen LogP contribution in [0.3, 0.4) is 0 Å². The second-order valence-corrected chi connectivity index (χ2v) is 6.59. The first kappa shape index (κ1) is 15.9. The van der Waals surface area contributed by atoms with Gasteiger partial charge in [-0.15, -0.1) is 6.58 Å². The molecule has 0 radical (unpaired) electrons. The van der Waals surface area contributed by atoms with Crippen LogP contribution >= 0.6 is 0 Å². The zero-order chi connectivity index (χ0) is 16.4. The van der Waals surface area contributed by atoms with Gasteiger partial charge in [-0.2, -0.15) is 0 Å². The van der Waals surface area contributed by atoms with Gasteiger partial charge in [0.25, 0.3) is 0 Å². The van der Waals surface area contributed by atoms with E-state index in [1.165, 1.54) is 0 Å². The van der Waals surface area contributed by atoms with Crippen LogP contribution in [0, 0.1) is 0 Å². The molecule has 0 N–H and O–H groups in total. The number of aromatic nitrogens is 2. The molecule has 0 bridgehead atoms. The number of amides is 1. The Morgan fingerprint density at radius 3 is 2.83 bits per heavy atom. The molecule has 0 aromatic carbocycles. The van der Waals surface area contributed by atoms with Crippen LogP contribution in [0.1, 0.15) is 20.3 Å². The summed E-state index contributed by atoms with van der Waals surface area (Å²) in [5, 5.41) is 0. The van der Waals surface area contributed by atoms with Crippen molar-refractivity contribution in [2.45, 2.75) is 31.8 Å². The average molecular weight is 315 g/mol. The number of hydrogen-bond acceptors (Lipinski definition) is 5. The van der Waals surface area contributed by atoms with Gasteiger partial charge in [0.15, 0.2) is 0 Å². The maximum absolute atomic E-state index is 13.2. The molecule has 2 aliphatic heterocycles. The van der Waals surface area contributed by atoms with E-state index in [0.717, 1.165) is 38.4 Å². The van der Waals surface area contributed by atoms with Crippen LogP contribution in [-0.2, 0) is 4.79 Å². The molecule has 124 valence electrons. The number of rotatable bonds is 4. The number of hydrogen-bond donors (Lipinski definition) is 0. The molecular formula is C17H25N5O. The predicted octanol–water partition coefficient (Wildman–Crippen LogP) is 1.16. The highest BCUT2D eigenvalue weighted by molar-refractivity contribution is 5.89. The van der Waals surface area contributed by atoms with Gasteiger partial charge in [0.05, 0.1) is 6.20 Å². The summed E-state index contributed by atoms with van der Waals surface area (Å²) in [6.07, 6.45) is 7.85. The molecule has 2 fully saturated rings. The maximum atomic E-state index is 13.2. The first-order valence-corrected chi connectivity index (χ1v) is 8.26. The van der Waals surface area contributed by atoms with Crippen molar-refractivity contribution in [1.29, 1.82) is 0 Å². The Balaban J connectivity index is 1.89. The molecule has 3 rings (SSSR count). The number of nitrogens with zero attached hydrogens (tertiary/aromatic N) is 5. The lowest BCUT2D eigenvalue weighted by atomic mass is 9.90. The first-order valence-electron chi connectivity index (χ1n) is 8.26. The largest absolute Gasteiger partial charge is 0.353 e. The van der Waals surface area contributed by atoms with E-state index < -0.39 is 5.54 Å². The standard InChI is InChI=1S/C17H25N5O/c1-4-8-21-10-11-22(14(2)3)16(23)17(21)5-9-20(13-17)15-12-18-6-7-19-15/h4,6-7,12,14H,1,5,8-11,13H2,2-3H3/t17-/m1/s1. The molecule has 3 heterocycles. The van der Waals surface area contributed by atoms with Crippen molar-refractivity contribution < 1.29 is 4.79 Å². The number of carbonyl (C=O) groups excluding carboxylic acids is 1. The Bertz CT molecular complexity index is 576. The van der Waals surface area contributed by atoms with Crippen molar-refractivity contribution >= 4 is 11.7 Å². The fourth-order valence-corrected chi connectivity index (χ4v) is 3.74. The summed E-state index contributed by atoms with van der Waals surface area (Å²) in [4.78, 5) is 28.3. The predicted molar refractivity (Wildman–Crippen MR) is 90.2 cm³/mol.